The Balaban J connectivity index is 2.42. The van der Waals surface area contributed by atoms with Crippen LogP contribution in [0.1, 0.15) is 50.6 Å². The molecule has 3 aromatic rings. The SMILES string of the molecule is CCOC(=O)[C@@H](OC(C)(C)C)c1c(C)cc2c(ccc(C)[n+]2[O-])c1-c1ccc(Cl)cc1. The number of rotatable bonds is 5. The second kappa shape index (κ2) is 8.85. The Labute approximate surface area is 188 Å². The van der Waals surface area contributed by atoms with Crippen molar-refractivity contribution in [2.45, 2.75) is 53.2 Å². The molecule has 1 aromatic heterocycles. The minimum Gasteiger partial charge on any atom is -0.618 e. The van der Waals surface area contributed by atoms with E-state index in [-0.39, 0.29) is 6.61 Å². The third-order valence-corrected chi connectivity index (χ3v) is 5.24. The van der Waals surface area contributed by atoms with Crippen LogP contribution in [0.5, 0.6) is 0 Å². The smallest absolute Gasteiger partial charge is 0.339 e. The first-order valence-corrected chi connectivity index (χ1v) is 10.7. The monoisotopic (exact) mass is 441 g/mol. The Kier molecular flexibility index (Phi) is 6.58. The van der Waals surface area contributed by atoms with Crippen molar-refractivity contribution in [3.63, 3.8) is 0 Å². The summed E-state index contributed by atoms with van der Waals surface area (Å²) in [7, 11) is 0. The molecule has 1 atom stereocenters. The third kappa shape index (κ3) is 4.83. The van der Waals surface area contributed by atoms with Crippen molar-refractivity contribution in [1.82, 2.24) is 0 Å². The summed E-state index contributed by atoms with van der Waals surface area (Å²) in [5.74, 6) is -0.461. The van der Waals surface area contributed by atoms with Gasteiger partial charge >= 0.3 is 5.97 Å². The lowest BCUT2D eigenvalue weighted by Crippen LogP contribution is -2.32. The van der Waals surface area contributed by atoms with Crippen LogP contribution in [-0.4, -0.2) is 18.2 Å². The number of halogens is 1. The fourth-order valence-electron chi connectivity index (χ4n) is 3.69. The second-order valence-corrected chi connectivity index (χ2v) is 8.99. The number of aryl methyl sites for hydroxylation is 2. The van der Waals surface area contributed by atoms with Crippen LogP contribution >= 0.6 is 11.6 Å². The Hall–Kier alpha value is -2.63. The van der Waals surface area contributed by atoms with E-state index < -0.39 is 17.7 Å². The van der Waals surface area contributed by atoms with Crippen LogP contribution in [0.25, 0.3) is 22.0 Å². The molecule has 0 radical (unpaired) electrons. The van der Waals surface area contributed by atoms with Crippen LogP contribution in [-0.2, 0) is 14.3 Å². The van der Waals surface area contributed by atoms with Gasteiger partial charge in [-0.3, -0.25) is 0 Å². The number of carbonyl (C=O) groups excluding carboxylic acids is 1. The quantitative estimate of drug-likeness (QED) is 0.284. The molecule has 0 fully saturated rings. The van der Waals surface area contributed by atoms with Crippen molar-refractivity contribution in [2.24, 2.45) is 0 Å². The summed E-state index contributed by atoms with van der Waals surface area (Å²) < 4.78 is 12.5. The summed E-state index contributed by atoms with van der Waals surface area (Å²) in [6, 6.07) is 12.8. The minimum absolute atomic E-state index is 0.242. The normalized spacial score (nSPS) is 12.7. The molecule has 0 amide bonds. The lowest BCUT2D eigenvalue weighted by atomic mass is 9.88. The first kappa shape index (κ1) is 23.0. The summed E-state index contributed by atoms with van der Waals surface area (Å²) in [5, 5.41) is 14.2. The van der Waals surface area contributed by atoms with E-state index in [4.69, 9.17) is 21.1 Å². The molecular weight excluding hydrogens is 414 g/mol. The predicted octanol–water partition coefficient (Wildman–Crippen LogP) is 5.83. The minimum atomic E-state index is -0.948. The molecular formula is C25H28ClNO4. The zero-order valence-electron chi connectivity index (χ0n) is 18.8. The number of nitrogens with zero attached hydrogens (tertiary/aromatic N) is 1. The van der Waals surface area contributed by atoms with E-state index in [0.717, 1.165) is 26.8 Å². The first-order valence-electron chi connectivity index (χ1n) is 10.3. The van der Waals surface area contributed by atoms with E-state index >= 15 is 0 Å². The van der Waals surface area contributed by atoms with Crippen molar-refractivity contribution in [3.05, 3.63) is 69.5 Å². The molecule has 0 bridgehead atoms. The fourth-order valence-corrected chi connectivity index (χ4v) is 3.82. The molecule has 0 aliphatic heterocycles. The lowest BCUT2D eigenvalue weighted by Gasteiger charge is -2.29. The van der Waals surface area contributed by atoms with Gasteiger partial charge in [0.05, 0.1) is 17.6 Å². The van der Waals surface area contributed by atoms with Crippen LogP contribution < -0.4 is 4.73 Å². The lowest BCUT2D eigenvalue weighted by molar-refractivity contribution is -0.584. The largest absolute Gasteiger partial charge is 0.618 e. The summed E-state index contributed by atoms with van der Waals surface area (Å²) in [4.78, 5) is 13.0. The summed E-state index contributed by atoms with van der Waals surface area (Å²) in [6.07, 6.45) is -0.948. The van der Waals surface area contributed by atoms with E-state index in [1.807, 2.05) is 52.0 Å². The number of aromatic nitrogens is 1. The number of hydrogen-bond acceptors (Lipinski definition) is 4. The van der Waals surface area contributed by atoms with Gasteiger partial charge in [-0.1, -0.05) is 23.7 Å². The van der Waals surface area contributed by atoms with Crippen LogP contribution in [0.15, 0.2) is 42.5 Å². The maximum atomic E-state index is 13.0. The van der Waals surface area contributed by atoms with E-state index in [0.29, 0.717) is 21.8 Å². The molecule has 3 rings (SSSR count). The summed E-state index contributed by atoms with van der Waals surface area (Å²) in [5.41, 5.74) is 3.59. The van der Waals surface area contributed by atoms with Crippen molar-refractivity contribution in [2.75, 3.05) is 6.61 Å². The molecule has 0 N–H and O–H groups in total. The average Bonchev–Trinajstić information content (AvgIpc) is 2.69. The molecule has 1 heterocycles. The Morgan fingerprint density at radius 1 is 1.13 bits per heavy atom. The number of esters is 1. The van der Waals surface area contributed by atoms with Crippen LogP contribution in [0.4, 0.5) is 0 Å². The van der Waals surface area contributed by atoms with E-state index in [2.05, 4.69) is 0 Å². The highest BCUT2D eigenvalue weighted by Crippen LogP contribution is 2.40. The second-order valence-electron chi connectivity index (χ2n) is 8.55. The first-order chi connectivity index (χ1) is 14.5. The molecule has 6 heteroatoms. The Morgan fingerprint density at radius 3 is 2.35 bits per heavy atom. The molecule has 0 saturated heterocycles. The zero-order chi connectivity index (χ0) is 22.9. The van der Waals surface area contributed by atoms with Gasteiger partial charge in [0.2, 0.25) is 5.52 Å². The predicted molar refractivity (Wildman–Crippen MR) is 123 cm³/mol. The van der Waals surface area contributed by atoms with Gasteiger partial charge in [-0.05, 0) is 63.9 Å². The van der Waals surface area contributed by atoms with Gasteiger partial charge in [0.15, 0.2) is 11.8 Å². The third-order valence-electron chi connectivity index (χ3n) is 4.99. The van der Waals surface area contributed by atoms with Gasteiger partial charge in [-0.25, -0.2) is 4.79 Å². The van der Waals surface area contributed by atoms with E-state index in [1.54, 1.807) is 32.0 Å². The van der Waals surface area contributed by atoms with Gasteiger partial charge in [0.1, 0.15) is 0 Å². The molecule has 5 nitrogen and oxygen atoms in total. The van der Waals surface area contributed by atoms with Crippen molar-refractivity contribution in [3.8, 4) is 11.1 Å². The average molecular weight is 442 g/mol. The van der Waals surface area contributed by atoms with Gasteiger partial charge in [-0.2, -0.15) is 4.73 Å². The van der Waals surface area contributed by atoms with Crippen molar-refractivity contribution < 1.29 is 19.0 Å². The molecule has 0 saturated carbocycles. The van der Waals surface area contributed by atoms with Crippen LogP contribution in [0.2, 0.25) is 5.02 Å². The van der Waals surface area contributed by atoms with Gasteiger partial charge in [-0.15, -0.1) is 0 Å². The molecule has 31 heavy (non-hydrogen) atoms. The van der Waals surface area contributed by atoms with Gasteiger partial charge in [0, 0.05) is 35.2 Å². The fraction of sp³-hybridized carbons (Fsp3) is 0.360. The Bertz CT molecular complexity index is 1120. The molecule has 0 aliphatic rings. The van der Waals surface area contributed by atoms with E-state index in [9.17, 15) is 10.0 Å². The number of carbonyl (C=O) groups is 1. The maximum Gasteiger partial charge on any atom is 0.339 e. The molecule has 0 aliphatic carbocycles. The van der Waals surface area contributed by atoms with Gasteiger partial charge < -0.3 is 14.7 Å². The maximum absolute atomic E-state index is 13.0. The molecule has 164 valence electrons. The van der Waals surface area contributed by atoms with Gasteiger partial charge in [0.25, 0.3) is 0 Å². The number of ether oxygens (including phenoxy) is 2. The number of fused-ring (bicyclic) bond motifs is 1. The molecule has 0 unspecified atom stereocenters. The van der Waals surface area contributed by atoms with Crippen molar-refractivity contribution in [1.29, 1.82) is 0 Å². The summed E-state index contributed by atoms with van der Waals surface area (Å²) >= 11 is 6.12. The van der Waals surface area contributed by atoms with Crippen LogP contribution in [0.3, 0.4) is 0 Å². The number of benzene rings is 2. The highest BCUT2D eigenvalue weighted by molar-refractivity contribution is 6.30. The Morgan fingerprint density at radius 2 is 1.77 bits per heavy atom. The molecule has 0 spiro atoms. The highest BCUT2D eigenvalue weighted by atomic mass is 35.5. The summed E-state index contributed by atoms with van der Waals surface area (Å²) in [6.45, 7) is 11.3. The van der Waals surface area contributed by atoms with E-state index in [1.165, 1.54) is 0 Å². The van der Waals surface area contributed by atoms with Crippen LogP contribution in [0, 0.1) is 19.1 Å². The highest BCUT2D eigenvalue weighted by Gasteiger charge is 2.33. The number of pyridine rings is 1. The zero-order valence-corrected chi connectivity index (χ0v) is 19.5. The topological polar surface area (TPSA) is 62.5 Å². The molecule has 2 aromatic carbocycles. The number of hydrogen-bond donors (Lipinski definition) is 0. The van der Waals surface area contributed by atoms with Crippen molar-refractivity contribution >= 4 is 28.5 Å². The standard InChI is InChI=1S/C25H28ClNO4/c1-7-30-24(28)23(31-25(4,5)6)21-15(2)14-20-19(13-8-16(3)27(20)29)22(21)17-9-11-18(26)12-10-17/h8-14,23H,7H2,1-6H3/t23-/m0/s1.